The second-order valence-electron chi connectivity index (χ2n) is 3.13. The number of hydrogen-bond donors (Lipinski definition) is 1. The summed E-state index contributed by atoms with van der Waals surface area (Å²) < 4.78 is 17.9. The van der Waals surface area contributed by atoms with Gasteiger partial charge in [0.1, 0.15) is 5.82 Å². The van der Waals surface area contributed by atoms with Gasteiger partial charge in [0.25, 0.3) is 0 Å². The summed E-state index contributed by atoms with van der Waals surface area (Å²) in [5.74, 6) is -0.196. The first kappa shape index (κ1) is 11.1. The van der Waals surface area contributed by atoms with Crippen molar-refractivity contribution >= 4 is 0 Å². The lowest BCUT2D eigenvalue weighted by atomic mass is 10.2. The Hall–Kier alpha value is -0.930. The zero-order chi connectivity index (χ0) is 10.2. The highest BCUT2D eigenvalue weighted by Gasteiger charge is 1.94. The summed E-state index contributed by atoms with van der Waals surface area (Å²) in [5, 5.41) is 0. The lowest BCUT2D eigenvalue weighted by Gasteiger charge is -2.03. The molecule has 0 unspecified atom stereocenters. The van der Waals surface area contributed by atoms with Gasteiger partial charge >= 0.3 is 0 Å². The Bertz CT molecular complexity index is 248. The van der Waals surface area contributed by atoms with Gasteiger partial charge in [-0.15, -0.1) is 0 Å². The highest BCUT2D eigenvalue weighted by molar-refractivity contribution is 5.15. The van der Waals surface area contributed by atoms with E-state index in [1.165, 1.54) is 12.1 Å². The summed E-state index contributed by atoms with van der Waals surface area (Å²) in [6, 6.07) is 6.49. The number of rotatable bonds is 6. The molecule has 0 amide bonds. The standard InChI is InChI=1S/C11H16FNO/c12-11-4-2-10(3-5-11)6-9-14-8-1-7-13/h2-5H,1,6-9,13H2. The minimum atomic E-state index is -0.196. The minimum Gasteiger partial charge on any atom is -0.381 e. The van der Waals surface area contributed by atoms with Crippen molar-refractivity contribution in [2.45, 2.75) is 12.8 Å². The quantitative estimate of drug-likeness (QED) is 0.705. The van der Waals surface area contributed by atoms with Crippen molar-refractivity contribution in [2.24, 2.45) is 5.73 Å². The molecule has 0 aliphatic rings. The van der Waals surface area contributed by atoms with Crippen LogP contribution in [0.1, 0.15) is 12.0 Å². The van der Waals surface area contributed by atoms with Crippen molar-refractivity contribution in [1.82, 2.24) is 0 Å². The Morgan fingerprint density at radius 2 is 1.86 bits per heavy atom. The summed E-state index contributed by atoms with van der Waals surface area (Å²) in [6.07, 6.45) is 1.72. The van der Waals surface area contributed by atoms with E-state index in [1.807, 2.05) is 0 Å². The molecular weight excluding hydrogens is 181 g/mol. The van der Waals surface area contributed by atoms with E-state index in [-0.39, 0.29) is 5.82 Å². The van der Waals surface area contributed by atoms with Crippen molar-refractivity contribution in [2.75, 3.05) is 19.8 Å². The van der Waals surface area contributed by atoms with Gasteiger partial charge in [-0.1, -0.05) is 12.1 Å². The molecule has 0 saturated heterocycles. The molecule has 14 heavy (non-hydrogen) atoms. The smallest absolute Gasteiger partial charge is 0.123 e. The SMILES string of the molecule is NCCCOCCc1ccc(F)cc1. The molecule has 2 N–H and O–H groups in total. The molecule has 1 rings (SSSR count). The van der Waals surface area contributed by atoms with Crippen LogP contribution in [-0.2, 0) is 11.2 Å². The van der Waals surface area contributed by atoms with Crippen molar-refractivity contribution in [1.29, 1.82) is 0 Å². The molecule has 1 aromatic rings. The van der Waals surface area contributed by atoms with E-state index < -0.39 is 0 Å². The number of ether oxygens (including phenoxy) is 1. The van der Waals surface area contributed by atoms with Crippen LogP contribution in [0, 0.1) is 5.82 Å². The van der Waals surface area contributed by atoms with Gasteiger partial charge in [-0.05, 0) is 37.1 Å². The Labute approximate surface area is 83.9 Å². The van der Waals surface area contributed by atoms with Crippen molar-refractivity contribution in [3.63, 3.8) is 0 Å². The molecule has 0 saturated carbocycles. The van der Waals surface area contributed by atoms with Crippen LogP contribution in [0.5, 0.6) is 0 Å². The first-order valence-electron chi connectivity index (χ1n) is 4.85. The Morgan fingerprint density at radius 1 is 1.14 bits per heavy atom. The van der Waals surface area contributed by atoms with Gasteiger partial charge in [-0.3, -0.25) is 0 Å². The predicted octanol–water partition coefficient (Wildman–Crippen LogP) is 1.73. The molecule has 0 aliphatic carbocycles. The number of hydrogen-bond acceptors (Lipinski definition) is 2. The van der Waals surface area contributed by atoms with Crippen molar-refractivity contribution in [3.05, 3.63) is 35.6 Å². The Balaban J connectivity index is 2.15. The minimum absolute atomic E-state index is 0.196. The molecule has 0 atom stereocenters. The van der Waals surface area contributed by atoms with Crippen molar-refractivity contribution < 1.29 is 9.13 Å². The lowest BCUT2D eigenvalue weighted by molar-refractivity contribution is 0.136. The van der Waals surface area contributed by atoms with E-state index in [4.69, 9.17) is 10.5 Å². The number of nitrogens with two attached hydrogens (primary N) is 1. The van der Waals surface area contributed by atoms with Crippen LogP contribution in [0.25, 0.3) is 0 Å². The molecular formula is C11H16FNO. The van der Waals surface area contributed by atoms with Crippen LogP contribution in [0.3, 0.4) is 0 Å². The molecule has 0 heterocycles. The summed E-state index contributed by atoms with van der Waals surface area (Å²) >= 11 is 0. The van der Waals surface area contributed by atoms with Gasteiger partial charge in [-0.25, -0.2) is 4.39 Å². The van der Waals surface area contributed by atoms with Crippen molar-refractivity contribution in [3.8, 4) is 0 Å². The van der Waals surface area contributed by atoms with E-state index in [1.54, 1.807) is 12.1 Å². The monoisotopic (exact) mass is 197 g/mol. The Kier molecular flexibility index (Phi) is 5.19. The molecule has 0 aromatic heterocycles. The molecule has 2 nitrogen and oxygen atoms in total. The van der Waals surface area contributed by atoms with E-state index >= 15 is 0 Å². The van der Waals surface area contributed by atoms with E-state index in [0.29, 0.717) is 19.8 Å². The fraction of sp³-hybridized carbons (Fsp3) is 0.455. The largest absolute Gasteiger partial charge is 0.381 e. The third-order valence-corrected chi connectivity index (χ3v) is 1.94. The van der Waals surface area contributed by atoms with Gasteiger partial charge < -0.3 is 10.5 Å². The third-order valence-electron chi connectivity index (χ3n) is 1.94. The Morgan fingerprint density at radius 3 is 2.50 bits per heavy atom. The molecule has 0 aliphatic heterocycles. The average Bonchev–Trinajstić information content (AvgIpc) is 2.21. The predicted molar refractivity (Wildman–Crippen MR) is 54.6 cm³/mol. The maximum Gasteiger partial charge on any atom is 0.123 e. The summed E-state index contributed by atoms with van der Waals surface area (Å²) in [5.41, 5.74) is 6.41. The van der Waals surface area contributed by atoms with E-state index in [0.717, 1.165) is 18.4 Å². The molecule has 0 radical (unpaired) electrons. The topological polar surface area (TPSA) is 35.2 Å². The van der Waals surface area contributed by atoms with Crippen LogP contribution in [-0.4, -0.2) is 19.8 Å². The van der Waals surface area contributed by atoms with Gasteiger partial charge in [0.15, 0.2) is 0 Å². The third kappa shape index (κ3) is 4.35. The molecule has 1 aromatic carbocycles. The maximum atomic E-state index is 12.5. The van der Waals surface area contributed by atoms with Crippen LogP contribution in [0.4, 0.5) is 4.39 Å². The zero-order valence-electron chi connectivity index (χ0n) is 8.21. The second-order valence-corrected chi connectivity index (χ2v) is 3.13. The number of halogens is 1. The maximum absolute atomic E-state index is 12.5. The molecule has 0 fully saturated rings. The van der Waals surface area contributed by atoms with E-state index in [9.17, 15) is 4.39 Å². The zero-order valence-corrected chi connectivity index (χ0v) is 8.21. The average molecular weight is 197 g/mol. The van der Waals surface area contributed by atoms with Gasteiger partial charge in [0, 0.05) is 6.61 Å². The second kappa shape index (κ2) is 6.51. The molecule has 78 valence electrons. The van der Waals surface area contributed by atoms with Gasteiger partial charge in [0.2, 0.25) is 0 Å². The normalized spacial score (nSPS) is 10.4. The van der Waals surface area contributed by atoms with Crippen LogP contribution in [0.2, 0.25) is 0 Å². The van der Waals surface area contributed by atoms with Crippen LogP contribution >= 0.6 is 0 Å². The first-order chi connectivity index (χ1) is 6.83. The fourth-order valence-corrected chi connectivity index (χ4v) is 1.13. The lowest BCUT2D eigenvalue weighted by Crippen LogP contribution is -2.06. The molecule has 3 heteroatoms. The fourth-order valence-electron chi connectivity index (χ4n) is 1.13. The molecule has 0 bridgehead atoms. The summed E-state index contributed by atoms with van der Waals surface area (Å²) in [4.78, 5) is 0. The summed E-state index contributed by atoms with van der Waals surface area (Å²) in [6.45, 7) is 2.04. The van der Waals surface area contributed by atoms with E-state index in [2.05, 4.69) is 0 Å². The highest BCUT2D eigenvalue weighted by atomic mass is 19.1. The van der Waals surface area contributed by atoms with Gasteiger partial charge in [0.05, 0.1) is 6.61 Å². The highest BCUT2D eigenvalue weighted by Crippen LogP contribution is 2.03. The van der Waals surface area contributed by atoms with Crippen LogP contribution in [0.15, 0.2) is 24.3 Å². The van der Waals surface area contributed by atoms with Crippen LogP contribution < -0.4 is 5.73 Å². The molecule has 0 spiro atoms. The van der Waals surface area contributed by atoms with Gasteiger partial charge in [-0.2, -0.15) is 0 Å². The number of benzene rings is 1. The first-order valence-corrected chi connectivity index (χ1v) is 4.85. The summed E-state index contributed by atoms with van der Waals surface area (Å²) in [7, 11) is 0.